The Bertz CT molecular complexity index is 1220. The first kappa shape index (κ1) is 22.5. The summed E-state index contributed by atoms with van der Waals surface area (Å²) >= 11 is 6.08. The van der Waals surface area contributed by atoms with Crippen LogP contribution in [0, 0.1) is 6.92 Å². The normalized spacial score (nSPS) is 15.3. The average molecular weight is 466 g/mol. The first-order chi connectivity index (χ1) is 15.9. The number of carbonyl (C=O) groups excluding carboxylic acids is 2. The number of allylic oxidation sites excluding steroid dienone is 1. The minimum atomic E-state index is -0.516. The number of anilines is 2. The zero-order chi connectivity index (χ0) is 23.5. The third kappa shape index (κ3) is 4.47. The highest BCUT2D eigenvalue weighted by Crippen LogP contribution is 2.38. The van der Waals surface area contributed by atoms with E-state index in [0.717, 1.165) is 11.1 Å². The number of nitrogens with one attached hydrogen (secondary N) is 1. The summed E-state index contributed by atoms with van der Waals surface area (Å²) in [5.41, 5.74) is 3.37. The van der Waals surface area contributed by atoms with Crippen LogP contribution in [-0.2, 0) is 14.3 Å². The van der Waals surface area contributed by atoms with Gasteiger partial charge >= 0.3 is 5.97 Å². The van der Waals surface area contributed by atoms with Crippen molar-refractivity contribution in [3.63, 3.8) is 0 Å². The summed E-state index contributed by atoms with van der Waals surface area (Å²) in [6, 6.07) is 14.3. The lowest BCUT2D eigenvalue weighted by Gasteiger charge is -2.35. The van der Waals surface area contributed by atoms with Gasteiger partial charge in [-0.15, -0.1) is 0 Å². The Kier molecular flexibility index (Phi) is 6.46. The summed E-state index contributed by atoms with van der Waals surface area (Å²) < 4.78 is 7.02. The molecule has 0 saturated carbocycles. The highest BCUT2D eigenvalue weighted by atomic mass is 35.5. The number of fused-ring (bicyclic) bond motifs is 1. The molecule has 0 radical (unpaired) electrons. The number of esters is 1. The number of ether oxygens (including phenoxy) is 1. The van der Waals surface area contributed by atoms with Crippen LogP contribution in [0.1, 0.15) is 31.0 Å². The van der Waals surface area contributed by atoms with Crippen molar-refractivity contribution in [2.75, 3.05) is 23.4 Å². The quantitative estimate of drug-likeness (QED) is 0.551. The maximum absolute atomic E-state index is 13.0. The fourth-order valence-electron chi connectivity index (χ4n) is 3.90. The number of amides is 1. The summed E-state index contributed by atoms with van der Waals surface area (Å²) in [7, 11) is 0. The van der Waals surface area contributed by atoms with Crippen molar-refractivity contribution in [2.45, 2.75) is 26.8 Å². The lowest BCUT2D eigenvalue weighted by molar-refractivity contribution is -0.139. The lowest BCUT2D eigenvalue weighted by Crippen LogP contribution is -2.41. The van der Waals surface area contributed by atoms with Crippen molar-refractivity contribution in [2.24, 2.45) is 0 Å². The molecule has 9 heteroatoms. The van der Waals surface area contributed by atoms with Crippen molar-refractivity contribution in [1.29, 1.82) is 0 Å². The molecular formula is C24H24ClN5O3. The number of hydrogen-bond acceptors (Lipinski definition) is 6. The first-order valence-electron chi connectivity index (χ1n) is 10.6. The smallest absolute Gasteiger partial charge is 0.338 e. The van der Waals surface area contributed by atoms with Crippen LogP contribution in [0.4, 0.5) is 11.6 Å². The van der Waals surface area contributed by atoms with Gasteiger partial charge in [0.05, 0.1) is 12.2 Å². The summed E-state index contributed by atoms with van der Waals surface area (Å²) in [5, 5.41) is 7.80. The SMILES string of the molecule is CCOC(=O)C1=C(C)N(CC(=O)Nc2cc(Cl)ccc2C)c2ncnn2[C@H]1c1ccccc1. The summed E-state index contributed by atoms with van der Waals surface area (Å²) in [6.07, 6.45) is 1.42. The number of aromatic nitrogens is 3. The minimum Gasteiger partial charge on any atom is -0.463 e. The average Bonchev–Trinajstić information content (AvgIpc) is 3.28. The van der Waals surface area contributed by atoms with E-state index in [9.17, 15) is 9.59 Å². The molecule has 1 aliphatic rings. The maximum atomic E-state index is 13.0. The van der Waals surface area contributed by atoms with Crippen LogP contribution in [0.5, 0.6) is 0 Å². The van der Waals surface area contributed by atoms with Crippen molar-refractivity contribution < 1.29 is 14.3 Å². The molecule has 2 aromatic carbocycles. The van der Waals surface area contributed by atoms with Crippen molar-refractivity contribution in [3.05, 3.63) is 82.3 Å². The van der Waals surface area contributed by atoms with Gasteiger partial charge in [0.2, 0.25) is 11.9 Å². The van der Waals surface area contributed by atoms with Crippen LogP contribution in [0.25, 0.3) is 0 Å². The molecule has 0 aliphatic carbocycles. The Balaban J connectivity index is 1.72. The monoisotopic (exact) mass is 465 g/mol. The van der Waals surface area contributed by atoms with Crippen LogP contribution in [0.2, 0.25) is 5.02 Å². The van der Waals surface area contributed by atoms with Gasteiger partial charge in [0.15, 0.2) is 0 Å². The Morgan fingerprint density at radius 3 is 2.64 bits per heavy atom. The van der Waals surface area contributed by atoms with Crippen LogP contribution < -0.4 is 10.2 Å². The highest BCUT2D eigenvalue weighted by molar-refractivity contribution is 6.31. The number of hydrogen-bond donors (Lipinski definition) is 1. The molecule has 8 nitrogen and oxygen atoms in total. The number of benzene rings is 2. The maximum Gasteiger partial charge on any atom is 0.338 e. The second-order valence-corrected chi connectivity index (χ2v) is 8.07. The van der Waals surface area contributed by atoms with Gasteiger partial charge in [-0.3, -0.25) is 4.79 Å². The van der Waals surface area contributed by atoms with Gasteiger partial charge in [0.1, 0.15) is 18.9 Å². The number of nitrogens with zero attached hydrogens (tertiary/aromatic N) is 4. The molecule has 170 valence electrons. The van der Waals surface area contributed by atoms with Gasteiger partial charge in [-0.2, -0.15) is 10.1 Å². The fourth-order valence-corrected chi connectivity index (χ4v) is 4.07. The lowest BCUT2D eigenvalue weighted by atomic mass is 9.95. The summed E-state index contributed by atoms with van der Waals surface area (Å²) in [4.78, 5) is 32.1. The fraction of sp³-hybridized carbons (Fsp3) is 0.250. The van der Waals surface area contributed by atoms with Gasteiger partial charge in [-0.1, -0.05) is 48.0 Å². The van der Waals surface area contributed by atoms with E-state index in [1.807, 2.05) is 43.3 Å². The van der Waals surface area contributed by atoms with Gasteiger partial charge in [-0.25, -0.2) is 9.48 Å². The Morgan fingerprint density at radius 1 is 1.15 bits per heavy atom. The number of rotatable bonds is 6. The second-order valence-electron chi connectivity index (χ2n) is 7.63. The third-order valence-corrected chi connectivity index (χ3v) is 5.73. The predicted octanol–water partition coefficient (Wildman–Crippen LogP) is 4.13. The zero-order valence-corrected chi connectivity index (χ0v) is 19.3. The highest BCUT2D eigenvalue weighted by Gasteiger charge is 2.38. The molecule has 0 unspecified atom stereocenters. The van der Waals surface area contributed by atoms with E-state index in [1.54, 1.807) is 35.6 Å². The Labute approximate surface area is 196 Å². The van der Waals surface area contributed by atoms with Gasteiger partial charge < -0.3 is 15.0 Å². The molecule has 4 rings (SSSR count). The molecule has 1 aromatic heterocycles. The molecule has 0 spiro atoms. The summed E-state index contributed by atoms with van der Waals surface area (Å²) in [6.45, 7) is 5.60. The first-order valence-corrected chi connectivity index (χ1v) is 10.9. The second kappa shape index (κ2) is 9.46. The van der Waals surface area contributed by atoms with Crippen LogP contribution in [0.3, 0.4) is 0 Å². The zero-order valence-electron chi connectivity index (χ0n) is 18.6. The number of halogens is 1. The van der Waals surface area contributed by atoms with E-state index in [4.69, 9.17) is 16.3 Å². The molecule has 1 N–H and O–H groups in total. The molecule has 3 aromatic rings. The van der Waals surface area contributed by atoms with E-state index in [1.165, 1.54) is 6.33 Å². The largest absolute Gasteiger partial charge is 0.463 e. The van der Waals surface area contributed by atoms with E-state index < -0.39 is 12.0 Å². The standard InChI is InChI=1S/C24H24ClN5O3/c1-4-33-23(32)21-16(3)29(13-20(31)28-19-12-18(25)11-10-15(19)2)24-26-14-27-30(24)22(21)17-8-6-5-7-9-17/h5-12,14,22H,4,13H2,1-3H3,(H,28,31)/t22-/m0/s1. The molecule has 1 atom stereocenters. The van der Waals surface area contributed by atoms with Crippen molar-refractivity contribution in [3.8, 4) is 0 Å². The number of aryl methyl sites for hydroxylation is 1. The van der Waals surface area contributed by atoms with Gasteiger partial charge in [0.25, 0.3) is 0 Å². The topological polar surface area (TPSA) is 89.3 Å². The minimum absolute atomic E-state index is 0.0686. The Hall–Kier alpha value is -3.65. The molecule has 0 saturated heterocycles. The Morgan fingerprint density at radius 2 is 1.91 bits per heavy atom. The predicted molar refractivity (Wildman–Crippen MR) is 126 cm³/mol. The molecule has 2 heterocycles. The molecule has 1 aliphatic heterocycles. The van der Waals surface area contributed by atoms with Crippen molar-refractivity contribution in [1.82, 2.24) is 14.8 Å². The van der Waals surface area contributed by atoms with E-state index in [0.29, 0.717) is 27.9 Å². The van der Waals surface area contributed by atoms with Gasteiger partial charge in [0, 0.05) is 16.4 Å². The van der Waals surface area contributed by atoms with Crippen molar-refractivity contribution >= 4 is 35.1 Å². The third-order valence-electron chi connectivity index (χ3n) is 5.49. The van der Waals surface area contributed by atoms with Crippen LogP contribution in [-0.4, -0.2) is 39.8 Å². The van der Waals surface area contributed by atoms with E-state index >= 15 is 0 Å². The van der Waals surface area contributed by atoms with Gasteiger partial charge in [-0.05, 0) is 44.0 Å². The number of carbonyl (C=O) groups is 2. The van der Waals surface area contributed by atoms with E-state index in [-0.39, 0.29) is 19.1 Å². The molecule has 0 fully saturated rings. The molecule has 33 heavy (non-hydrogen) atoms. The molecule has 1 amide bonds. The molecule has 0 bridgehead atoms. The summed E-state index contributed by atoms with van der Waals surface area (Å²) in [5.74, 6) is -0.274. The van der Waals surface area contributed by atoms with Crippen LogP contribution >= 0.6 is 11.6 Å². The van der Waals surface area contributed by atoms with Crippen LogP contribution in [0.15, 0.2) is 66.1 Å². The van der Waals surface area contributed by atoms with E-state index in [2.05, 4.69) is 15.4 Å². The molecular weight excluding hydrogens is 442 g/mol.